The highest BCUT2D eigenvalue weighted by atomic mass is 16.7. The summed E-state index contributed by atoms with van der Waals surface area (Å²) in [6, 6.07) is 0. The maximum absolute atomic E-state index is 9.80. The lowest BCUT2D eigenvalue weighted by molar-refractivity contribution is -0.222. The van der Waals surface area contributed by atoms with Crippen molar-refractivity contribution in [2.24, 2.45) is 11.3 Å². The van der Waals surface area contributed by atoms with Crippen LogP contribution < -0.4 is 0 Å². The summed E-state index contributed by atoms with van der Waals surface area (Å²) in [5, 5.41) is 19.0. The van der Waals surface area contributed by atoms with Gasteiger partial charge in [-0.2, -0.15) is 0 Å². The molecular weight excluding hydrogens is 316 g/mol. The predicted molar refractivity (Wildman–Crippen MR) is 100 cm³/mol. The van der Waals surface area contributed by atoms with Crippen LogP contribution in [0.3, 0.4) is 0 Å². The van der Waals surface area contributed by atoms with E-state index in [0.29, 0.717) is 25.4 Å². The smallest absolute Gasteiger partial charge is 0.160 e. The predicted octanol–water partition coefficient (Wildman–Crippen LogP) is 3.97. The standard InChI is InChI=1S/C21H36O4/c1-15(7-8-19-16(2)6-5-10-21(19,3)4)9-11-24-20-13-17(23)12-18(14-22)25-20/h7-8,15,17-18,20,22-23H,5-6,9-14H2,1-4H3/b8-7+. The van der Waals surface area contributed by atoms with E-state index in [9.17, 15) is 10.2 Å². The fraction of sp³-hybridized carbons (Fsp3) is 0.810. The Bertz CT molecular complexity index is 480. The van der Waals surface area contributed by atoms with Gasteiger partial charge < -0.3 is 19.7 Å². The van der Waals surface area contributed by atoms with Gasteiger partial charge in [0, 0.05) is 12.8 Å². The van der Waals surface area contributed by atoms with Crippen molar-refractivity contribution in [3.8, 4) is 0 Å². The molecule has 0 aromatic heterocycles. The molecule has 2 rings (SSSR count). The summed E-state index contributed by atoms with van der Waals surface area (Å²) in [5.41, 5.74) is 3.30. The number of rotatable bonds is 7. The number of ether oxygens (including phenoxy) is 2. The van der Waals surface area contributed by atoms with E-state index in [1.165, 1.54) is 30.4 Å². The Balaban J connectivity index is 1.78. The van der Waals surface area contributed by atoms with Gasteiger partial charge in [-0.3, -0.25) is 0 Å². The van der Waals surface area contributed by atoms with Gasteiger partial charge in [-0.05, 0) is 49.5 Å². The van der Waals surface area contributed by atoms with Crippen molar-refractivity contribution in [2.45, 2.75) is 84.7 Å². The summed E-state index contributed by atoms with van der Waals surface area (Å²) in [6.45, 7) is 9.68. The van der Waals surface area contributed by atoms with Crippen molar-refractivity contribution in [3.05, 3.63) is 23.3 Å². The van der Waals surface area contributed by atoms with Crippen LogP contribution in [0.1, 0.15) is 66.2 Å². The van der Waals surface area contributed by atoms with E-state index in [1.807, 2.05) is 0 Å². The minimum Gasteiger partial charge on any atom is -0.394 e. The van der Waals surface area contributed by atoms with Crippen LogP contribution in [0.5, 0.6) is 0 Å². The topological polar surface area (TPSA) is 58.9 Å². The average molecular weight is 353 g/mol. The normalized spacial score (nSPS) is 31.5. The summed E-state index contributed by atoms with van der Waals surface area (Å²) in [5.74, 6) is 0.431. The largest absolute Gasteiger partial charge is 0.394 e. The molecule has 0 aromatic rings. The van der Waals surface area contributed by atoms with Gasteiger partial charge in [0.1, 0.15) is 0 Å². The highest BCUT2D eigenvalue weighted by Gasteiger charge is 2.28. The molecule has 0 aromatic carbocycles. The van der Waals surface area contributed by atoms with Crippen molar-refractivity contribution in [1.29, 1.82) is 0 Å². The summed E-state index contributed by atoms with van der Waals surface area (Å²) in [4.78, 5) is 0. The lowest BCUT2D eigenvalue weighted by Crippen LogP contribution is -2.39. The number of hydrogen-bond donors (Lipinski definition) is 2. The molecule has 144 valence electrons. The molecule has 2 aliphatic rings. The molecule has 0 saturated carbocycles. The SMILES string of the molecule is CC1=C(/C=C/C(C)CCOC2CC(O)CC(CO)O2)C(C)(C)CCC1. The molecular formula is C21H36O4. The lowest BCUT2D eigenvalue weighted by atomic mass is 9.72. The van der Waals surface area contributed by atoms with E-state index in [0.717, 1.165) is 6.42 Å². The maximum atomic E-state index is 9.80. The van der Waals surface area contributed by atoms with Gasteiger partial charge >= 0.3 is 0 Å². The van der Waals surface area contributed by atoms with Gasteiger partial charge in [0.15, 0.2) is 6.29 Å². The van der Waals surface area contributed by atoms with Gasteiger partial charge in [-0.1, -0.05) is 38.5 Å². The zero-order valence-corrected chi connectivity index (χ0v) is 16.3. The van der Waals surface area contributed by atoms with E-state index in [4.69, 9.17) is 9.47 Å². The molecule has 25 heavy (non-hydrogen) atoms. The van der Waals surface area contributed by atoms with Gasteiger partial charge in [-0.15, -0.1) is 0 Å². The van der Waals surface area contributed by atoms with Crippen molar-refractivity contribution in [3.63, 3.8) is 0 Å². The quantitative estimate of drug-likeness (QED) is 0.728. The number of aliphatic hydroxyl groups excluding tert-OH is 2. The molecule has 1 saturated heterocycles. The minimum absolute atomic E-state index is 0.0691. The second-order valence-corrected chi connectivity index (χ2v) is 8.42. The Labute approximate surface area is 152 Å². The number of hydrogen-bond acceptors (Lipinski definition) is 4. The van der Waals surface area contributed by atoms with Crippen LogP contribution in [0.15, 0.2) is 23.3 Å². The highest BCUT2D eigenvalue weighted by Crippen LogP contribution is 2.40. The van der Waals surface area contributed by atoms with E-state index < -0.39 is 12.4 Å². The van der Waals surface area contributed by atoms with Crippen LogP contribution in [0.4, 0.5) is 0 Å². The van der Waals surface area contributed by atoms with Crippen LogP contribution in [0.2, 0.25) is 0 Å². The third kappa shape index (κ3) is 6.21. The first kappa shape index (κ1) is 20.6. The minimum atomic E-state index is -0.448. The fourth-order valence-corrected chi connectivity index (χ4v) is 3.92. The van der Waals surface area contributed by atoms with Crippen LogP contribution in [-0.4, -0.2) is 41.9 Å². The van der Waals surface area contributed by atoms with E-state index in [1.54, 1.807) is 0 Å². The van der Waals surface area contributed by atoms with Crippen molar-refractivity contribution < 1.29 is 19.7 Å². The lowest BCUT2D eigenvalue weighted by Gasteiger charge is -2.33. The summed E-state index contributed by atoms with van der Waals surface area (Å²) >= 11 is 0. The summed E-state index contributed by atoms with van der Waals surface area (Å²) in [7, 11) is 0. The molecule has 4 atom stereocenters. The highest BCUT2D eigenvalue weighted by molar-refractivity contribution is 5.32. The molecule has 1 aliphatic heterocycles. The van der Waals surface area contributed by atoms with E-state index in [-0.39, 0.29) is 18.1 Å². The molecule has 2 N–H and O–H groups in total. The maximum Gasteiger partial charge on any atom is 0.160 e. The molecule has 4 nitrogen and oxygen atoms in total. The summed E-state index contributed by atoms with van der Waals surface area (Å²) in [6.07, 6.45) is 9.11. The van der Waals surface area contributed by atoms with Crippen molar-refractivity contribution in [2.75, 3.05) is 13.2 Å². The number of aliphatic hydroxyl groups is 2. The molecule has 1 aliphatic carbocycles. The Morgan fingerprint density at radius 3 is 2.80 bits per heavy atom. The van der Waals surface area contributed by atoms with Gasteiger partial charge in [0.2, 0.25) is 0 Å². The first-order valence-corrected chi connectivity index (χ1v) is 9.76. The zero-order valence-electron chi connectivity index (χ0n) is 16.3. The van der Waals surface area contributed by atoms with Crippen LogP contribution >= 0.6 is 0 Å². The van der Waals surface area contributed by atoms with Gasteiger partial charge in [0.25, 0.3) is 0 Å². The molecule has 0 amide bonds. The van der Waals surface area contributed by atoms with Crippen LogP contribution in [-0.2, 0) is 9.47 Å². The van der Waals surface area contributed by atoms with Gasteiger partial charge in [0.05, 0.1) is 25.4 Å². The molecule has 1 heterocycles. The van der Waals surface area contributed by atoms with E-state index >= 15 is 0 Å². The van der Waals surface area contributed by atoms with Crippen LogP contribution in [0.25, 0.3) is 0 Å². The van der Waals surface area contributed by atoms with Crippen molar-refractivity contribution >= 4 is 0 Å². The Hall–Kier alpha value is -0.680. The summed E-state index contributed by atoms with van der Waals surface area (Å²) < 4.78 is 11.4. The molecule has 4 unspecified atom stereocenters. The third-order valence-corrected chi connectivity index (χ3v) is 5.56. The second-order valence-electron chi connectivity index (χ2n) is 8.42. The molecule has 1 fully saturated rings. The molecule has 4 heteroatoms. The average Bonchev–Trinajstić information content (AvgIpc) is 2.53. The molecule has 0 bridgehead atoms. The molecule has 0 radical (unpaired) electrons. The van der Waals surface area contributed by atoms with Crippen LogP contribution in [0, 0.1) is 11.3 Å². The Morgan fingerprint density at radius 1 is 1.36 bits per heavy atom. The third-order valence-electron chi connectivity index (χ3n) is 5.56. The monoisotopic (exact) mass is 352 g/mol. The molecule has 0 spiro atoms. The fourth-order valence-electron chi connectivity index (χ4n) is 3.92. The Kier molecular flexibility index (Phi) is 7.68. The van der Waals surface area contributed by atoms with Gasteiger partial charge in [-0.25, -0.2) is 0 Å². The first-order valence-electron chi connectivity index (χ1n) is 9.76. The Morgan fingerprint density at radius 2 is 2.12 bits per heavy atom. The first-order chi connectivity index (χ1) is 11.8. The zero-order chi connectivity index (χ0) is 18.4. The van der Waals surface area contributed by atoms with Crippen molar-refractivity contribution in [1.82, 2.24) is 0 Å². The number of allylic oxidation sites excluding steroid dienone is 4. The van der Waals surface area contributed by atoms with E-state index in [2.05, 4.69) is 39.8 Å². The second kappa shape index (κ2) is 9.31.